The smallest absolute Gasteiger partial charge is 0.160 e. The fourth-order valence-corrected chi connectivity index (χ4v) is 3.05. The van der Waals surface area contributed by atoms with E-state index in [1.807, 2.05) is 0 Å². The predicted molar refractivity (Wildman–Crippen MR) is 71.9 cm³/mol. The Morgan fingerprint density at radius 2 is 1.04 bits per heavy atom. The zero-order valence-electron chi connectivity index (χ0n) is 12.3. The fraction of sp³-hybridized carbons (Fsp3) is 1.00. The van der Waals surface area contributed by atoms with Crippen molar-refractivity contribution in [1.82, 2.24) is 0 Å². The molecule has 23 heavy (non-hydrogen) atoms. The van der Waals surface area contributed by atoms with Crippen molar-refractivity contribution >= 4 is 0 Å². The van der Waals surface area contributed by atoms with E-state index in [4.69, 9.17) is 19.7 Å². The van der Waals surface area contributed by atoms with Gasteiger partial charge in [0.1, 0.15) is 36.6 Å². The first-order valence-corrected chi connectivity index (χ1v) is 7.42. The summed E-state index contributed by atoms with van der Waals surface area (Å²) in [5, 5.41) is 77.4. The summed E-state index contributed by atoms with van der Waals surface area (Å²) in [6.45, 7) is -1.19. The van der Waals surface area contributed by atoms with Crippen LogP contribution in [0.2, 0.25) is 0 Å². The van der Waals surface area contributed by atoms with E-state index >= 15 is 0 Å². The maximum absolute atomic E-state index is 10.1. The van der Waals surface area contributed by atoms with E-state index in [0.29, 0.717) is 0 Å². The van der Waals surface area contributed by atoms with Gasteiger partial charge in [0.15, 0.2) is 6.29 Å². The molecule has 2 aliphatic heterocycles. The van der Waals surface area contributed by atoms with Crippen molar-refractivity contribution in [3.63, 3.8) is 0 Å². The molecule has 0 aromatic rings. The molecule has 10 atom stereocenters. The van der Waals surface area contributed by atoms with E-state index in [1.165, 1.54) is 0 Å². The molecule has 10 heteroatoms. The lowest BCUT2D eigenvalue weighted by atomic mass is 9.83. The number of hydrogen-bond donors (Lipinski definition) is 8. The van der Waals surface area contributed by atoms with Gasteiger partial charge in [0.05, 0.1) is 25.4 Å². The van der Waals surface area contributed by atoms with E-state index in [-0.39, 0.29) is 6.42 Å². The third kappa shape index (κ3) is 3.66. The van der Waals surface area contributed by atoms with Gasteiger partial charge in [0, 0.05) is 5.92 Å². The number of rotatable bonds is 4. The van der Waals surface area contributed by atoms with Crippen LogP contribution < -0.4 is 0 Å². The van der Waals surface area contributed by atoms with Crippen molar-refractivity contribution in [2.45, 2.75) is 61.5 Å². The summed E-state index contributed by atoms with van der Waals surface area (Å²) in [7, 11) is 0. The maximum atomic E-state index is 10.1. The zero-order valence-corrected chi connectivity index (χ0v) is 12.3. The molecule has 2 aliphatic rings. The van der Waals surface area contributed by atoms with Gasteiger partial charge in [-0.3, -0.25) is 0 Å². The monoisotopic (exact) mass is 340 g/mol. The molecule has 0 aliphatic carbocycles. The highest BCUT2D eigenvalue weighted by atomic mass is 16.6. The number of ether oxygens (including phenoxy) is 2. The van der Waals surface area contributed by atoms with Gasteiger partial charge < -0.3 is 50.3 Å². The standard InChI is InChI=1S/C13H24O10/c14-2-6-11(19)12(20)9(17)5(22-6)1-4-8(16)10(18)7(3-15)23-13(4)21/h4-21H,1-3H2/t4-,5+,6?,7?,8?,9?,10?,11?,12?,13?/m1/s1. The topological polar surface area (TPSA) is 180 Å². The van der Waals surface area contributed by atoms with Gasteiger partial charge in [0.2, 0.25) is 0 Å². The van der Waals surface area contributed by atoms with Crippen LogP contribution in [0.1, 0.15) is 6.42 Å². The molecule has 136 valence electrons. The van der Waals surface area contributed by atoms with Gasteiger partial charge in [0.25, 0.3) is 0 Å². The Morgan fingerprint density at radius 3 is 1.61 bits per heavy atom. The fourth-order valence-electron chi connectivity index (χ4n) is 3.05. The number of aliphatic hydroxyl groups excluding tert-OH is 8. The molecule has 0 bridgehead atoms. The summed E-state index contributed by atoms with van der Waals surface area (Å²) in [4.78, 5) is 0. The van der Waals surface area contributed by atoms with E-state index in [9.17, 15) is 30.6 Å². The third-order valence-corrected chi connectivity index (χ3v) is 4.53. The second kappa shape index (κ2) is 7.66. The molecule has 2 fully saturated rings. The van der Waals surface area contributed by atoms with Crippen molar-refractivity contribution in [1.29, 1.82) is 0 Å². The summed E-state index contributed by atoms with van der Waals surface area (Å²) in [6, 6.07) is 0. The highest BCUT2D eigenvalue weighted by Gasteiger charge is 2.49. The van der Waals surface area contributed by atoms with E-state index < -0.39 is 74.3 Å². The molecule has 10 nitrogen and oxygen atoms in total. The Morgan fingerprint density at radius 1 is 0.565 bits per heavy atom. The average molecular weight is 340 g/mol. The summed E-state index contributed by atoms with van der Waals surface area (Å²) in [5.41, 5.74) is 0. The van der Waals surface area contributed by atoms with Gasteiger partial charge >= 0.3 is 0 Å². The highest BCUT2D eigenvalue weighted by Crippen LogP contribution is 2.32. The second-order valence-electron chi connectivity index (χ2n) is 6.00. The summed E-state index contributed by atoms with van der Waals surface area (Å²) < 4.78 is 10.3. The number of aliphatic hydroxyl groups is 8. The molecule has 2 saturated heterocycles. The van der Waals surface area contributed by atoms with Crippen molar-refractivity contribution in [3.05, 3.63) is 0 Å². The van der Waals surface area contributed by atoms with Crippen LogP contribution in [0.25, 0.3) is 0 Å². The summed E-state index contributed by atoms with van der Waals surface area (Å²) in [6.07, 6.45) is -12.6. The molecule has 8 N–H and O–H groups in total. The first-order valence-electron chi connectivity index (χ1n) is 7.42. The van der Waals surface area contributed by atoms with Crippen molar-refractivity contribution in [3.8, 4) is 0 Å². The third-order valence-electron chi connectivity index (χ3n) is 4.53. The van der Waals surface area contributed by atoms with E-state index in [0.717, 1.165) is 0 Å². The van der Waals surface area contributed by atoms with Crippen LogP contribution in [-0.2, 0) is 9.47 Å². The summed E-state index contributed by atoms with van der Waals surface area (Å²) in [5.74, 6) is -1.06. The lowest BCUT2D eigenvalue weighted by molar-refractivity contribution is -0.285. The van der Waals surface area contributed by atoms with E-state index in [1.54, 1.807) is 0 Å². The van der Waals surface area contributed by atoms with Crippen LogP contribution in [0.5, 0.6) is 0 Å². The predicted octanol–water partition coefficient (Wildman–Crippen LogP) is -4.73. The Balaban J connectivity index is 2.08. The Hall–Kier alpha value is -0.400. The van der Waals surface area contributed by atoms with Crippen LogP contribution in [0, 0.1) is 5.92 Å². The van der Waals surface area contributed by atoms with E-state index in [2.05, 4.69) is 0 Å². The molecule has 0 spiro atoms. The average Bonchev–Trinajstić information content (AvgIpc) is 2.54. The minimum atomic E-state index is -1.57. The minimum Gasteiger partial charge on any atom is -0.394 e. The van der Waals surface area contributed by atoms with Crippen molar-refractivity contribution in [2.24, 2.45) is 5.92 Å². The maximum Gasteiger partial charge on any atom is 0.160 e. The molecular formula is C13H24O10. The first kappa shape index (κ1) is 18.9. The molecule has 0 saturated carbocycles. The lowest BCUT2D eigenvalue weighted by Gasteiger charge is -2.45. The molecule has 8 unspecified atom stereocenters. The van der Waals surface area contributed by atoms with Gasteiger partial charge in [-0.1, -0.05) is 0 Å². The molecule has 2 heterocycles. The lowest BCUT2D eigenvalue weighted by Crippen LogP contribution is -2.61. The Kier molecular flexibility index (Phi) is 6.30. The first-order chi connectivity index (χ1) is 10.8. The molecule has 2 rings (SSSR count). The highest BCUT2D eigenvalue weighted by molar-refractivity contribution is 4.96. The zero-order chi connectivity index (χ0) is 17.3. The van der Waals surface area contributed by atoms with Gasteiger partial charge in [-0.25, -0.2) is 0 Å². The quantitative estimate of drug-likeness (QED) is 0.247. The second-order valence-corrected chi connectivity index (χ2v) is 6.00. The van der Waals surface area contributed by atoms with Crippen molar-refractivity contribution < 1.29 is 50.3 Å². The van der Waals surface area contributed by atoms with Crippen LogP contribution in [0.4, 0.5) is 0 Å². The van der Waals surface area contributed by atoms with Gasteiger partial charge in [-0.2, -0.15) is 0 Å². The molecule has 0 amide bonds. The largest absolute Gasteiger partial charge is 0.394 e. The molecular weight excluding hydrogens is 316 g/mol. The van der Waals surface area contributed by atoms with Crippen LogP contribution in [-0.4, -0.2) is 109 Å². The molecule has 0 aromatic heterocycles. The SMILES string of the molecule is OCC1O[C@@H](C[C@H]2C(O)OC(CO)C(O)C2O)C(O)C(O)C1O. The normalized spacial score (nSPS) is 51.7. The summed E-state index contributed by atoms with van der Waals surface area (Å²) >= 11 is 0. The molecule has 0 aromatic carbocycles. The Labute approximate surface area is 132 Å². The minimum absolute atomic E-state index is 0.209. The van der Waals surface area contributed by atoms with Gasteiger partial charge in [-0.05, 0) is 6.42 Å². The van der Waals surface area contributed by atoms with Crippen LogP contribution in [0.15, 0.2) is 0 Å². The van der Waals surface area contributed by atoms with Gasteiger partial charge in [-0.15, -0.1) is 0 Å². The van der Waals surface area contributed by atoms with Crippen LogP contribution >= 0.6 is 0 Å². The Bertz CT molecular complexity index is 380. The number of hydrogen-bond acceptors (Lipinski definition) is 10. The molecule has 0 radical (unpaired) electrons. The van der Waals surface area contributed by atoms with Crippen molar-refractivity contribution in [2.75, 3.05) is 13.2 Å². The van der Waals surface area contributed by atoms with Crippen LogP contribution in [0.3, 0.4) is 0 Å².